The van der Waals surface area contributed by atoms with E-state index in [1.165, 1.54) is 6.92 Å². The monoisotopic (exact) mass is 212 g/mol. The van der Waals surface area contributed by atoms with E-state index in [1.807, 2.05) is 0 Å². The number of carbonyl (C=O) groups excluding carboxylic acids is 2. The maximum atomic E-state index is 9.26. The van der Waals surface area contributed by atoms with Crippen molar-refractivity contribution in [2.45, 2.75) is 20.3 Å². The van der Waals surface area contributed by atoms with Crippen LogP contribution in [0.15, 0.2) is 0 Å². The molecular weight excluding hydrogens is 204 g/mol. The largest absolute Gasteiger partial charge is 2.00 e. The molecule has 0 radical (unpaired) electrons. The molecule has 4 nitrogen and oxygen atoms in total. The molecule has 0 fully saturated rings. The van der Waals surface area contributed by atoms with Crippen LogP contribution in [-0.4, -0.2) is 87.4 Å². The SMILES string of the molecule is CC(=O)[O-].CCC(=O)[O-].[Ca+2].[Ca+2]. The fraction of sp³-hybridized carbons (Fsp3) is 0.600. The first-order valence-electron chi connectivity index (χ1n) is 2.38. The minimum atomic E-state index is -1.08. The Labute approximate surface area is 125 Å². The van der Waals surface area contributed by atoms with Gasteiger partial charge in [-0.1, -0.05) is 6.92 Å². The minimum Gasteiger partial charge on any atom is -0.550 e. The molecule has 0 bridgehead atoms. The van der Waals surface area contributed by atoms with Crippen molar-refractivity contribution in [1.29, 1.82) is 0 Å². The van der Waals surface area contributed by atoms with Gasteiger partial charge < -0.3 is 19.8 Å². The Hall–Kier alpha value is 1.46. The topological polar surface area (TPSA) is 80.3 Å². The van der Waals surface area contributed by atoms with Crippen LogP contribution in [0.4, 0.5) is 0 Å². The number of hydrogen-bond acceptors (Lipinski definition) is 4. The van der Waals surface area contributed by atoms with Crippen LogP contribution in [0.1, 0.15) is 20.3 Å². The second-order valence-corrected chi connectivity index (χ2v) is 1.22. The van der Waals surface area contributed by atoms with Gasteiger partial charge in [0.1, 0.15) is 0 Å². The molecule has 0 aliphatic rings. The van der Waals surface area contributed by atoms with E-state index in [1.54, 1.807) is 0 Å². The smallest absolute Gasteiger partial charge is 0.550 e. The molecule has 6 heteroatoms. The first-order chi connectivity index (χ1) is 4.00. The Morgan fingerprint density at radius 3 is 1.27 bits per heavy atom. The van der Waals surface area contributed by atoms with E-state index >= 15 is 0 Å². The van der Waals surface area contributed by atoms with Gasteiger partial charge in [0.2, 0.25) is 0 Å². The van der Waals surface area contributed by atoms with Gasteiger partial charge in [-0.3, -0.25) is 0 Å². The van der Waals surface area contributed by atoms with Crippen LogP contribution in [-0.2, 0) is 9.59 Å². The summed E-state index contributed by atoms with van der Waals surface area (Å²) in [5, 5.41) is 18.1. The average molecular weight is 212 g/mol. The van der Waals surface area contributed by atoms with Crippen LogP contribution in [0.25, 0.3) is 0 Å². The Morgan fingerprint density at radius 2 is 1.27 bits per heavy atom. The van der Waals surface area contributed by atoms with Gasteiger partial charge in [-0.2, -0.15) is 0 Å². The molecule has 0 aromatic heterocycles. The molecule has 0 rings (SSSR count). The molecule has 0 N–H and O–H groups in total. The van der Waals surface area contributed by atoms with E-state index in [-0.39, 0.29) is 81.9 Å². The van der Waals surface area contributed by atoms with E-state index in [0.29, 0.717) is 0 Å². The summed E-state index contributed by atoms with van der Waals surface area (Å²) in [5.41, 5.74) is 0. The molecule has 54 valence electrons. The molecule has 0 aliphatic carbocycles. The van der Waals surface area contributed by atoms with Gasteiger partial charge in [0.05, 0.1) is 0 Å². The van der Waals surface area contributed by atoms with Gasteiger partial charge >= 0.3 is 75.5 Å². The minimum absolute atomic E-state index is 0. The summed E-state index contributed by atoms with van der Waals surface area (Å²) in [7, 11) is 0. The van der Waals surface area contributed by atoms with Crippen molar-refractivity contribution in [3.05, 3.63) is 0 Å². The van der Waals surface area contributed by atoms with Crippen molar-refractivity contribution in [1.82, 2.24) is 0 Å². The molecule has 0 amide bonds. The van der Waals surface area contributed by atoms with E-state index in [4.69, 9.17) is 9.90 Å². The van der Waals surface area contributed by atoms with E-state index in [0.717, 1.165) is 6.92 Å². The number of carboxylic acids is 2. The molecule has 0 aliphatic heterocycles. The van der Waals surface area contributed by atoms with Crippen molar-refractivity contribution < 1.29 is 19.8 Å². The van der Waals surface area contributed by atoms with Crippen molar-refractivity contribution in [3.63, 3.8) is 0 Å². The fourth-order valence-electron chi connectivity index (χ4n) is 0. The summed E-state index contributed by atoms with van der Waals surface area (Å²) in [6.07, 6.45) is 0.111. The van der Waals surface area contributed by atoms with Gasteiger partial charge in [-0.25, -0.2) is 0 Å². The Bertz CT molecular complexity index is 101. The first kappa shape index (κ1) is 22.9. The molecule has 0 aromatic rings. The van der Waals surface area contributed by atoms with Crippen molar-refractivity contribution in [2.24, 2.45) is 0 Å². The molecule has 0 saturated carbocycles. The van der Waals surface area contributed by atoms with Crippen molar-refractivity contribution in [3.8, 4) is 0 Å². The first-order valence-corrected chi connectivity index (χ1v) is 2.38. The zero-order chi connectivity index (χ0) is 7.86. The Morgan fingerprint density at radius 1 is 1.18 bits per heavy atom. The van der Waals surface area contributed by atoms with E-state index < -0.39 is 11.9 Å². The predicted octanol–water partition coefficient (Wildman–Crippen LogP) is -2.86. The molecule has 0 aromatic carbocycles. The second-order valence-electron chi connectivity index (χ2n) is 1.22. The Balaban J connectivity index is -0.0000000383. The molecule has 0 unspecified atom stereocenters. The molecule has 0 spiro atoms. The van der Waals surface area contributed by atoms with E-state index in [9.17, 15) is 9.90 Å². The second kappa shape index (κ2) is 17.5. The average Bonchev–Trinajstić information content (AvgIpc) is 1.65. The van der Waals surface area contributed by atoms with Crippen LogP contribution in [0, 0.1) is 0 Å². The summed E-state index contributed by atoms with van der Waals surface area (Å²) in [6, 6.07) is 0. The van der Waals surface area contributed by atoms with Crippen LogP contribution in [0.3, 0.4) is 0 Å². The van der Waals surface area contributed by atoms with Crippen LogP contribution in [0.2, 0.25) is 0 Å². The maximum absolute atomic E-state index is 9.26. The van der Waals surface area contributed by atoms with Crippen molar-refractivity contribution >= 4 is 87.4 Å². The number of carbonyl (C=O) groups is 2. The van der Waals surface area contributed by atoms with Crippen molar-refractivity contribution in [2.75, 3.05) is 0 Å². The van der Waals surface area contributed by atoms with E-state index in [2.05, 4.69) is 0 Å². The summed E-state index contributed by atoms with van der Waals surface area (Å²) in [4.78, 5) is 18.1. The quantitative estimate of drug-likeness (QED) is 0.438. The number of carboxylic acid groups (broad SMARTS) is 2. The third kappa shape index (κ3) is 85.7. The summed E-state index contributed by atoms with van der Waals surface area (Å²) < 4.78 is 0. The molecule has 0 saturated heterocycles. The van der Waals surface area contributed by atoms with Gasteiger partial charge in [-0.05, 0) is 13.3 Å². The van der Waals surface area contributed by atoms with Gasteiger partial charge in [0, 0.05) is 11.9 Å². The normalized spacial score (nSPS) is 5.64. The number of aliphatic carboxylic acids is 2. The molecule has 0 atom stereocenters. The molecule has 0 heterocycles. The standard InChI is InChI=1S/C3H6O2.C2H4O2.2Ca/c1-2-3(4)5;1-2(3)4;;/h2H2,1H3,(H,4,5);1H3,(H,3,4);;/q;;2*+2/p-2. The predicted molar refractivity (Wildman–Crippen MR) is 37.5 cm³/mol. The zero-order valence-electron chi connectivity index (χ0n) is 6.75. The van der Waals surface area contributed by atoms with Crippen LogP contribution < -0.4 is 10.2 Å². The fourth-order valence-corrected chi connectivity index (χ4v) is 0. The van der Waals surface area contributed by atoms with Gasteiger partial charge in [0.15, 0.2) is 0 Å². The third-order valence-electron chi connectivity index (χ3n) is 0.289. The maximum Gasteiger partial charge on any atom is 2.00 e. The van der Waals surface area contributed by atoms with Crippen LogP contribution >= 0.6 is 0 Å². The summed E-state index contributed by atoms with van der Waals surface area (Å²) in [5.74, 6) is -2.08. The third-order valence-corrected chi connectivity index (χ3v) is 0.289. The summed E-state index contributed by atoms with van der Waals surface area (Å²) >= 11 is 0. The van der Waals surface area contributed by atoms with Gasteiger partial charge in [-0.15, -0.1) is 0 Å². The van der Waals surface area contributed by atoms with Crippen LogP contribution in [0.5, 0.6) is 0 Å². The molecule has 11 heavy (non-hydrogen) atoms. The number of rotatable bonds is 1. The molecular formula is C5H8Ca2O4+2. The number of hydrogen-bond donors (Lipinski definition) is 0. The van der Waals surface area contributed by atoms with Gasteiger partial charge in [0.25, 0.3) is 0 Å². The zero-order valence-corrected chi connectivity index (χ0v) is 11.2. The Kier molecular flexibility index (Phi) is 36.4. The summed E-state index contributed by atoms with van der Waals surface area (Å²) in [6.45, 7) is 2.51.